The summed E-state index contributed by atoms with van der Waals surface area (Å²) in [6.07, 6.45) is 1.26. The lowest BCUT2D eigenvalue weighted by Gasteiger charge is -2.16. The van der Waals surface area contributed by atoms with Crippen LogP contribution in [-0.2, 0) is 4.79 Å². The Morgan fingerprint density at radius 3 is 2.44 bits per heavy atom. The molecule has 7 heteroatoms. The predicted octanol–water partition coefficient (Wildman–Crippen LogP) is 5.33. The monoisotopic (exact) mass is 379 g/mol. The first-order chi connectivity index (χ1) is 11.9. The van der Waals surface area contributed by atoms with E-state index in [0.29, 0.717) is 22.1 Å². The summed E-state index contributed by atoms with van der Waals surface area (Å²) >= 11 is 7.37. The van der Waals surface area contributed by atoms with Crippen molar-refractivity contribution in [1.29, 1.82) is 0 Å². The molecule has 0 aliphatic carbocycles. The van der Waals surface area contributed by atoms with Crippen LogP contribution in [-0.4, -0.2) is 11.9 Å². The number of carbonyl (C=O) groups excluding carboxylic acids is 2. The molecule has 1 aromatic carbocycles. The van der Waals surface area contributed by atoms with Gasteiger partial charge in [-0.25, -0.2) is 4.79 Å². The minimum absolute atomic E-state index is 0.0320. The van der Waals surface area contributed by atoms with Crippen LogP contribution in [0, 0.1) is 6.92 Å². The van der Waals surface area contributed by atoms with E-state index in [2.05, 4.69) is 16.0 Å². The van der Waals surface area contributed by atoms with Crippen molar-refractivity contribution >= 4 is 46.3 Å². The molecular weight excluding hydrogens is 358 g/mol. The van der Waals surface area contributed by atoms with Gasteiger partial charge in [0, 0.05) is 22.7 Å². The molecule has 5 nitrogen and oxygen atoms in total. The molecule has 2 rings (SSSR count). The second kappa shape index (κ2) is 8.87. The summed E-state index contributed by atoms with van der Waals surface area (Å²) in [5.41, 5.74) is 2.17. The lowest BCUT2D eigenvalue weighted by Crippen LogP contribution is -2.31. The Morgan fingerprint density at radius 1 is 1.16 bits per heavy atom. The molecule has 3 N–H and O–H groups in total. The molecule has 1 aromatic heterocycles. The van der Waals surface area contributed by atoms with E-state index in [1.54, 1.807) is 12.1 Å². The van der Waals surface area contributed by atoms with Crippen LogP contribution in [0.3, 0.4) is 0 Å². The zero-order chi connectivity index (χ0) is 18.4. The minimum Gasteiger partial charge on any atom is -0.331 e. The molecular formula is C18H22ClN3O2S. The van der Waals surface area contributed by atoms with E-state index in [1.165, 1.54) is 11.3 Å². The zero-order valence-corrected chi connectivity index (χ0v) is 16.1. The van der Waals surface area contributed by atoms with Gasteiger partial charge >= 0.3 is 6.03 Å². The highest BCUT2D eigenvalue weighted by atomic mass is 35.5. The number of urea groups is 1. The standard InChI is InChI=1S/C18H22ClN3O2S/c1-4-6-17(23)21-13-7-5-8-14(11(13)2)22-18(24)20-12(3)15-9-10-16(19)25-15/h5,7-10,12H,4,6H2,1-3H3,(H,21,23)(H2,20,22,24). The van der Waals surface area contributed by atoms with Crippen LogP contribution in [0.25, 0.3) is 0 Å². The number of hydrogen-bond acceptors (Lipinski definition) is 3. The molecule has 0 saturated heterocycles. The van der Waals surface area contributed by atoms with Gasteiger partial charge in [-0.3, -0.25) is 4.79 Å². The van der Waals surface area contributed by atoms with E-state index in [1.807, 2.05) is 39.0 Å². The number of anilines is 2. The van der Waals surface area contributed by atoms with Crippen molar-refractivity contribution in [1.82, 2.24) is 5.32 Å². The summed E-state index contributed by atoms with van der Waals surface area (Å²) in [5.74, 6) is -0.0320. The first-order valence-electron chi connectivity index (χ1n) is 8.13. The maximum Gasteiger partial charge on any atom is 0.319 e. The smallest absolute Gasteiger partial charge is 0.319 e. The topological polar surface area (TPSA) is 70.2 Å². The van der Waals surface area contributed by atoms with Gasteiger partial charge in [0.2, 0.25) is 5.91 Å². The molecule has 0 aliphatic heterocycles. The summed E-state index contributed by atoms with van der Waals surface area (Å²) in [6.45, 7) is 5.71. The summed E-state index contributed by atoms with van der Waals surface area (Å²) in [4.78, 5) is 25.0. The Bertz CT molecular complexity index is 761. The van der Waals surface area contributed by atoms with Crippen molar-refractivity contribution in [3.8, 4) is 0 Å². The number of rotatable bonds is 6. The van der Waals surface area contributed by atoms with Crippen LogP contribution < -0.4 is 16.0 Å². The Balaban J connectivity index is 2.01. The maximum atomic E-state index is 12.3. The van der Waals surface area contributed by atoms with Crippen LogP contribution in [0.4, 0.5) is 16.2 Å². The molecule has 1 unspecified atom stereocenters. The van der Waals surface area contributed by atoms with E-state index in [4.69, 9.17) is 11.6 Å². The third-order valence-corrected chi connectivity index (χ3v) is 5.12. The largest absolute Gasteiger partial charge is 0.331 e. The molecule has 0 radical (unpaired) electrons. The van der Waals surface area contributed by atoms with Gasteiger partial charge in [-0.15, -0.1) is 11.3 Å². The van der Waals surface area contributed by atoms with Crippen LogP contribution in [0.2, 0.25) is 4.34 Å². The first kappa shape index (κ1) is 19.3. The molecule has 0 fully saturated rings. The van der Waals surface area contributed by atoms with E-state index in [0.717, 1.165) is 16.9 Å². The number of benzene rings is 1. The molecule has 2 aromatic rings. The highest BCUT2D eigenvalue weighted by molar-refractivity contribution is 7.16. The molecule has 1 atom stereocenters. The lowest BCUT2D eigenvalue weighted by molar-refractivity contribution is -0.116. The summed E-state index contributed by atoms with van der Waals surface area (Å²) in [5, 5.41) is 8.58. The van der Waals surface area contributed by atoms with Crippen molar-refractivity contribution in [2.24, 2.45) is 0 Å². The van der Waals surface area contributed by atoms with Crippen molar-refractivity contribution in [2.45, 2.75) is 39.7 Å². The molecule has 134 valence electrons. The van der Waals surface area contributed by atoms with Gasteiger partial charge in [-0.1, -0.05) is 24.6 Å². The van der Waals surface area contributed by atoms with Crippen molar-refractivity contribution in [2.75, 3.05) is 10.6 Å². The summed E-state index contributed by atoms with van der Waals surface area (Å²) in [6, 6.07) is 8.67. The fraction of sp³-hybridized carbons (Fsp3) is 0.333. The molecule has 0 bridgehead atoms. The minimum atomic E-state index is -0.308. The second-order valence-electron chi connectivity index (χ2n) is 5.74. The number of carbonyl (C=O) groups is 2. The molecule has 0 spiro atoms. The molecule has 0 saturated carbocycles. The fourth-order valence-electron chi connectivity index (χ4n) is 2.33. The summed E-state index contributed by atoms with van der Waals surface area (Å²) in [7, 11) is 0. The summed E-state index contributed by atoms with van der Waals surface area (Å²) < 4.78 is 0.690. The van der Waals surface area contributed by atoms with Gasteiger partial charge in [-0.2, -0.15) is 0 Å². The third-order valence-electron chi connectivity index (χ3n) is 3.70. The molecule has 25 heavy (non-hydrogen) atoms. The number of nitrogens with one attached hydrogen (secondary N) is 3. The van der Waals surface area contributed by atoms with E-state index < -0.39 is 0 Å². The van der Waals surface area contributed by atoms with Crippen molar-refractivity contribution < 1.29 is 9.59 Å². The van der Waals surface area contributed by atoms with Gasteiger partial charge in [0.1, 0.15) is 0 Å². The first-order valence-corrected chi connectivity index (χ1v) is 9.32. The molecule has 1 heterocycles. The number of halogens is 1. The second-order valence-corrected chi connectivity index (χ2v) is 7.48. The average Bonchev–Trinajstić information content (AvgIpc) is 2.98. The average molecular weight is 380 g/mol. The van der Waals surface area contributed by atoms with Gasteiger partial charge in [-0.05, 0) is 50.1 Å². The Labute approximate surface area is 156 Å². The van der Waals surface area contributed by atoms with E-state index >= 15 is 0 Å². The maximum absolute atomic E-state index is 12.3. The Kier molecular flexibility index (Phi) is 6.84. The quantitative estimate of drug-likeness (QED) is 0.634. The Hall–Kier alpha value is -2.05. The fourth-order valence-corrected chi connectivity index (χ4v) is 3.40. The van der Waals surface area contributed by atoms with Gasteiger partial charge in [0.15, 0.2) is 0 Å². The van der Waals surface area contributed by atoms with Crippen LogP contribution in [0.5, 0.6) is 0 Å². The highest BCUT2D eigenvalue weighted by Gasteiger charge is 2.13. The lowest BCUT2D eigenvalue weighted by atomic mass is 10.1. The van der Waals surface area contributed by atoms with Gasteiger partial charge in [0.25, 0.3) is 0 Å². The number of hydrogen-bond donors (Lipinski definition) is 3. The third kappa shape index (κ3) is 5.47. The Morgan fingerprint density at radius 2 is 1.84 bits per heavy atom. The van der Waals surface area contributed by atoms with Crippen LogP contribution in [0.15, 0.2) is 30.3 Å². The van der Waals surface area contributed by atoms with Gasteiger partial charge < -0.3 is 16.0 Å². The van der Waals surface area contributed by atoms with Gasteiger partial charge in [0.05, 0.1) is 10.4 Å². The van der Waals surface area contributed by atoms with E-state index in [-0.39, 0.29) is 18.0 Å². The van der Waals surface area contributed by atoms with E-state index in [9.17, 15) is 9.59 Å². The van der Waals surface area contributed by atoms with Crippen LogP contribution in [0.1, 0.15) is 43.2 Å². The molecule has 3 amide bonds. The van der Waals surface area contributed by atoms with Crippen molar-refractivity contribution in [3.63, 3.8) is 0 Å². The van der Waals surface area contributed by atoms with Crippen molar-refractivity contribution in [3.05, 3.63) is 45.1 Å². The molecule has 0 aliphatic rings. The number of thiophene rings is 1. The predicted molar refractivity (Wildman–Crippen MR) is 105 cm³/mol. The highest BCUT2D eigenvalue weighted by Crippen LogP contribution is 2.27. The van der Waals surface area contributed by atoms with Crippen LogP contribution >= 0.6 is 22.9 Å². The SMILES string of the molecule is CCCC(=O)Nc1cccc(NC(=O)NC(C)c2ccc(Cl)s2)c1C. The number of amides is 3. The zero-order valence-electron chi connectivity index (χ0n) is 14.5. The normalized spacial score (nSPS) is 11.7.